The lowest BCUT2D eigenvalue weighted by molar-refractivity contribution is 0.725. The van der Waals surface area contributed by atoms with Crippen LogP contribution in [0.2, 0.25) is 0 Å². The van der Waals surface area contributed by atoms with Gasteiger partial charge in [-0.1, -0.05) is 0 Å². The first-order valence-electron chi connectivity index (χ1n) is 2.58. The summed E-state index contributed by atoms with van der Waals surface area (Å²) in [5.41, 5.74) is 0. The van der Waals surface area contributed by atoms with E-state index in [9.17, 15) is 4.39 Å². The van der Waals surface area contributed by atoms with E-state index in [0.717, 1.165) is 0 Å². The van der Waals surface area contributed by atoms with Crippen LogP contribution in [0.15, 0.2) is 18.7 Å². The Balaban J connectivity index is 2.94. The van der Waals surface area contributed by atoms with Gasteiger partial charge in [0.2, 0.25) is 0 Å². The van der Waals surface area contributed by atoms with Gasteiger partial charge in [-0.25, -0.2) is 9.37 Å². The summed E-state index contributed by atoms with van der Waals surface area (Å²) in [6, 6.07) is 0. The molecule has 3 heteroatoms. The second kappa shape index (κ2) is 2.44. The third-order valence-electron chi connectivity index (χ3n) is 1.07. The minimum atomic E-state index is 0.475. The van der Waals surface area contributed by atoms with E-state index in [4.69, 9.17) is 0 Å². The molecule has 0 N–H and O–H groups in total. The Labute approximate surface area is 52.6 Å². The van der Waals surface area contributed by atoms with E-state index in [2.05, 4.69) is 4.98 Å². The molecule has 0 saturated carbocycles. The zero-order chi connectivity index (χ0) is 6.69. The molecule has 0 aliphatic heterocycles. The van der Waals surface area contributed by atoms with Gasteiger partial charge in [0.1, 0.15) is 5.82 Å². The van der Waals surface area contributed by atoms with Crippen molar-refractivity contribution in [1.82, 2.24) is 9.55 Å². The van der Waals surface area contributed by atoms with Gasteiger partial charge in [-0.05, 0) is 0 Å². The van der Waals surface area contributed by atoms with Crippen molar-refractivity contribution in [2.45, 2.75) is 0 Å². The summed E-state index contributed by atoms with van der Waals surface area (Å²) in [5.74, 6) is 0.623. The van der Waals surface area contributed by atoms with Gasteiger partial charge in [0.25, 0.3) is 0 Å². The van der Waals surface area contributed by atoms with E-state index in [1.807, 2.05) is 7.05 Å². The van der Waals surface area contributed by atoms with Gasteiger partial charge in [0.05, 0.1) is 6.33 Å². The van der Waals surface area contributed by atoms with E-state index in [0.29, 0.717) is 12.2 Å². The number of aryl methyl sites for hydroxylation is 1. The maximum atomic E-state index is 11.5. The van der Waals surface area contributed by atoms with E-state index in [-0.39, 0.29) is 0 Å². The van der Waals surface area contributed by atoms with E-state index >= 15 is 0 Å². The van der Waals surface area contributed by atoms with Crippen LogP contribution in [-0.4, -0.2) is 9.55 Å². The zero-order valence-electron chi connectivity index (χ0n) is 5.08. The molecular formula is C6H7FN2. The highest BCUT2D eigenvalue weighted by molar-refractivity contribution is 5.37. The molecule has 1 aromatic heterocycles. The van der Waals surface area contributed by atoms with Gasteiger partial charge in [-0.3, -0.25) is 0 Å². The van der Waals surface area contributed by atoms with Crippen LogP contribution in [0.3, 0.4) is 0 Å². The number of halogens is 1. The normalized spacial score (nSPS) is 10.9. The Morgan fingerprint density at radius 3 is 3.00 bits per heavy atom. The van der Waals surface area contributed by atoms with Crippen LogP contribution in [0.5, 0.6) is 0 Å². The minimum absolute atomic E-state index is 0.475. The predicted octanol–water partition coefficient (Wildman–Crippen LogP) is 1.36. The summed E-state index contributed by atoms with van der Waals surface area (Å²) in [6.07, 6.45) is 5.16. The molecule has 1 heterocycles. The first-order valence-corrected chi connectivity index (χ1v) is 2.58. The Kier molecular flexibility index (Phi) is 1.63. The molecule has 0 aliphatic rings. The smallest absolute Gasteiger partial charge is 0.134 e. The van der Waals surface area contributed by atoms with Gasteiger partial charge in [0, 0.05) is 25.5 Å². The molecule has 0 atom stereocenters. The van der Waals surface area contributed by atoms with E-state index in [1.165, 1.54) is 6.08 Å². The lowest BCUT2D eigenvalue weighted by atomic mass is 10.6. The SMILES string of the molecule is Cn1ccnc1/C=C\F. The van der Waals surface area contributed by atoms with Crippen molar-refractivity contribution < 1.29 is 4.39 Å². The summed E-state index contributed by atoms with van der Waals surface area (Å²) in [4.78, 5) is 3.84. The van der Waals surface area contributed by atoms with Crippen molar-refractivity contribution >= 4 is 6.08 Å². The number of hydrogen-bond acceptors (Lipinski definition) is 1. The van der Waals surface area contributed by atoms with Crippen molar-refractivity contribution in [2.24, 2.45) is 7.05 Å². The fourth-order valence-electron chi connectivity index (χ4n) is 0.594. The van der Waals surface area contributed by atoms with Gasteiger partial charge in [-0.2, -0.15) is 0 Å². The number of hydrogen-bond donors (Lipinski definition) is 0. The monoisotopic (exact) mass is 126 g/mol. The molecule has 0 radical (unpaired) electrons. The van der Waals surface area contributed by atoms with Crippen LogP contribution in [0.1, 0.15) is 5.82 Å². The first-order chi connectivity index (χ1) is 4.34. The third kappa shape index (κ3) is 1.16. The van der Waals surface area contributed by atoms with Crippen molar-refractivity contribution in [2.75, 3.05) is 0 Å². The van der Waals surface area contributed by atoms with Crippen LogP contribution >= 0.6 is 0 Å². The zero-order valence-corrected chi connectivity index (χ0v) is 5.08. The summed E-state index contributed by atoms with van der Waals surface area (Å²) in [5, 5.41) is 0. The van der Waals surface area contributed by atoms with Crippen molar-refractivity contribution in [3.05, 3.63) is 24.5 Å². The Morgan fingerprint density at radius 1 is 1.78 bits per heavy atom. The molecule has 1 aromatic rings. The molecule has 0 bridgehead atoms. The molecule has 0 saturated heterocycles. The van der Waals surface area contributed by atoms with Crippen LogP contribution in [0.25, 0.3) is 6.08 Å². The van der Waals surface area contributed by atoms with E-state index < -0.39 is 0 Å². The number of nitrogens with zero attached hydrogens (tertiary/aromatic N) is 2. The van der Waals surface area contributed by atoms with Crippen LogP contribution in [0.4, 0.5) is 4.39 Å². The predicted molar refractivity (Wildman–Crippen MR) is 33.3 cm³/mol. The maximum Gasteiger partial charge on any atom is 0.134 e. The summed E-state index contributed by atoms with van der Waals surface area (Å²) >= 11 is 0. The average molecular weight is 126 g/mol. The van der Waals surface area contributed by atoms with Crippen molar-refractivity contribution in [3.63, 3.8) is 0 Å². The topological polar surface area (TPSA) is 17.8 Å². The Hall–Kier alpha value is -1.12. The average Bonchev–Trinajstić information content (AvgIpc) is 2.18. The van der Waals surface area contributed by atoms with Gasteiger partial charge < -0.3 is 4.57 Å². The first kappa shape index (κ1) is 6.01. The Morgan fingerprint density at radius 2 is 2.56 bits per heavy atom. The minimum Gasteiger partial charge on any atom is -0.334 e. The molecular weight excluding hydrogens is 119 g/mol. The number of imidazole rings is 1. The second-order valence-electron chi connectivity index (χ2n) is 1.69. The molecule has 0 amide bonds. The molecule has 0 fully saturated rings. The summed E-state index contributed by atoms with van der Waals surface area (Å²) in [6.45, 7) is 0. The third-order valence-corrected chi connectivity index (χ3v) is 1.07. The fraction of sp³-hybridized carbons (Fsp3) is 0.167. The molecule has 0 spiro atoms. The molecule has 2 nitrogen and oxygen atoms in total. The molecule has 0 aliphatic carbocycles. The second-order valence-corrected chi connectivity index (χ2v) is 1.69. The van der Waals surface area contributed by atoms with Crippen molar-refractivity contribution in [1.29, 1.82) is 0 Å². The van der Waals surface area contributed by atoms with Gasteiger partial charge >= 0.3 is 0 Å². The molecule has 9 heavy (non-hydrogen) atoms. The van der Waals surface area contributed by atoms with E-state index in [1.54, 1.807) is 17.0 Å². The molecule has 48 valence electrons. The summed E-state index contributed by atoms with van der Waals surface area (Å²) in [7, 11) is 1.81. The largest absolute Gasteiger partial charge is 0.334 e. The van der Waals surface area contributed by atoms with Crippen LogP contribution in [0, 0.1) is 0 Å². The number of rotatable bonds is 1. The van der Waals surface area contributed by atoms with Crippen molar-refractivity contribution in [3.8, 4) is 0 Å². The van der Waals surface area contributed by atoms with Crippen LogP contribution < -0.4 is 0 Å². The lowest BCUT2D eigenvalue weighted by Gasteiger charge is -1.89. The lowest BCUT2D eigenvalue weighted by Crippen LogP contribution is -1.87. The highest BCUT2D eigenvalue weighted by atomic mass is 19.1. The Bertz CT molecular complexity index is 215. The fourth-order valence-corrected chi connectivity index (χ4v) is 0.594. The standard InChI is InChI=1S/C6H7FN2/c1-9-5-4-8-6(9)2-3-7/h2-5H,1H3/b3-2-. The highest BCUT2D eigenvalue weighted by Gasteiger charge is 1.89. The van der Waals surface area contributed by atoms with Gasteiger partial charge in [0.15, 0.2) is 0 Å². The molecule has 0 unspecified atom stereocenters. The molecule has 0 aromatic carbocycles. The molecule has 1 rings (SSSR count). The highest BCUT2D eigenvalue weighted by Crippen LogP contribution is 1.95. The van der Waals surface area contributed by atoms with Gasteiger partial charge in [-0.15, -0.1) is 0 Å². The maximum absolute atomic E-state index is 11.5. The van der Waals surface area contributed by atoms with Crippen LogP contribution in [-0.2, 0) is 7.05 Å². The quantitative estimate of drug-likeness (QED) is 0.555. The summed E-state index contributed by atoms with van der Waals surface area (Å²) < 4.78 is 13.2. The number of aromatic nitrogens is 2.